The van der Waals surface area contributed by atoms with Crippen molar-refractivity contribution in [3.63, 3.8) is 0 Å². The summed E-state index contributed by atoms with van der Waals surface area (Å²) in [5.41, 5.74) is -0.170. The number of nitrogens with one attached hydrogen (secondary N) is 2. The maximum atomic E-state index is 14.4. The van der Waals surface area contributed by atoms with E-state index in [4.69, 9.17) is 0 Å². The number of carbonyl (C=O) groups excluding carboxylic acids is 6. The number of nitrogens with zero attached hydrogens (tertiary/aromatic N) is 2. The van der Waals surface area contributed by atoms with E-state index in [0.29, 0.717) is 0 Å². The zero-order valence-electron chi connectivity index (χ0n) is 31.3. The van der Waals surface area contributed by atoms with Crippen LogP contribution < -0.4 is 10.6 Å². The number of halogens is 6. The van der Waals surface area contributed by atoms with Crippen LogP contribution in [0.15, 0.2) is 0 Å². The topological polar surface area (TPSA) is 315 Å². The Morgan fingerprint density at radius 3 is 1.08 bits per heavy atom. The lowest BCUT2D eigenvalue weighted by Crippen LogP contribution is -2.46. The molecule has 2 unspecified atom stereocenters. The van der Waals surface area contributed by atoms with Crippen molar-refractivity contribution in [3.8, 4) is 0 Å². The molecule has 19 nitrogen and oxygen atoms in total. The number of ketones is 2. The Labute approximate surface area is 425 Å². The van der Waals surface area contributed by atoms with Crippen LogP contribution in [0.2, 0.25) is 0 Å². The molecule has 60 heavy (non-hydrogen) atoms. The van der Waals surface area contributed by atoms with Gasteiger partial charge in [-0.3, -0.25) is 28.8 Å². The Bertz CT molecular complexity index is 1790. The number of carbonyl (C=O) groups is 6. The van der Waals surface area contributed by atoms with Gasteiger partial charge in [0.25, 0.3) is 11.8 Å². The standard InChI is InChI=1S/C35H42I6N4O15/c36-26-22(18(55)3-1-15(52)11-48)28(38)32(42-20(57)13-50)30(40)24(26)34(59)44(5-7-46)9-17(54)10-45(6-8-47)35(60)25-27(37)23(19(56)4-2-16(53)12-49)29(39)33(31(25)41)43-21(58)14-51/h15-17,46-54H,1-14H2,(H,42,57)(H,43,58). The molecule has 2 rings (SSSR count). The Kier molecular flexibility index (Phi) is 25.3. The summed E-state index contributed by atoms with van der Waals surface area (Å²) >= 11 is 10.7. The molecule has 334 valence electrons. The Balaban J connectivity index is 2.66. The summed E-state index contributed by atoms with van der Waals surface area (Å²) in [4.78, 5) is 82.6. The molecule has 2 aromatic rings. The Morgan fingerprint density at radius 2 is 0.800 bits per heavy atom. The van der Waals surface area contributed by atoms with Crippen LogP contribution in [0, 0.1) is 21.4 Å². The van der Waals surface area contributed by atoms with Crippen LogP contribution in [0.4, 0.5) is 11.4 Å². The van der Waals surface area contributed by atoms with E-state index in [1.54, 1.807) is 136 Å². The number of hydrogen-bond acceptors (Lipinski definition) is 15. The average molecular weight is 1520 g/mol. The Hall–Kier alpha value is -0.320. The summed E-state index contributed by atoms with van der Waals surface area (Å²) in [7, 11) is 0. The van der Waals surface area contributed by atoms with Gasteiger partial charge in [0, 0.05) is 64.4 Å². The van der Waals surface area contributed by atoms with Crippen LogP contribution in [-0.2, 0) is 9.59 Å². The zero-order valence-corrected chi connectivity index (χ0v) is 44.2. The fourth-order valence-corrected chi connectivity index (χ4v) is 14.5. The monoisotopic (exact) mass is 1520 g/mol. The lowest BCUT2D eigenvalue weighted by Gasteiger charge is -2.31. The summed E-state index contributed by atoms with van der Waals surface area (Å²) in [5, 5.41) is 93.6. The number of benzene rings is 2. The zero-order chi connectivity index (χ0) is 45.6. The molecule has 0 aromatic heterocycles. The molecular formula is C35H42I6N4O15. The predicted molar refractivity (Wildman–Crippen MR) is 266 cm³/mol. The highest BCUT2D eigenvalue weighted by Gasteiger charge is 2.34. The Morgan fingerprint density at radius 1 is 0.483 bits per heavy atom. The molecule has 0 heterocycles. The summed E-state index contributed by atoms with van der Waals surface area (Å²) in [5.74, 6) is -4.41. The van der Waals surface area contributed by atoms with Crippen LogP contribution in [0.3, 0.4) is 0 Å². The lowest BCUT2D eigenvalue weighted by molar-refractivity contribution is -0.119. The van der Waals surface area contributed by atoms with Gasteiger partial charge in [-0.2, -0.15) is 0 Å². The van der Waals surface area contributed by atoms with Crippen molar-refractivity contribution >= 4 is 182 Å². The molecule has 0 bridgehead atoms. The summed E-state index contributed by atoms with van der Waals surface area (Å²) < 4.78 is 1.02. The lowest BCUT2D eigenvalue weighted by atomic mass is 10.00. The molecule has 0 aliphatic heterocycles. The smallest absolute Gasteiger partial charge is 0.256 e. The van der Waals surface area contributed by atoms with Crippen LogP contribution in [-0.4, -0.2) is 175 Å². The number of aliphatic hydroxyl groups is 9. The third-order valence-corrected chi connectivity index (χ3v) is 14.9. The molecule has 0 aliphatic rings. The second kappa shape index (κ2) is 27.2. The van der Waals surface area contributed by atoms with Gasteiger partial charge in [-0.15, -0.1) is 0 Å². The van der Waals surface area contributed by atoms with Crippen molar-refractivity contribution in [2.24, 2.45) is 0 Å². The first-order valence-corrected chi connectivity index (χ1v) is 24.1. The minimum absolute atomic E-state index is 0.00117. The van der Waals surface area contributed by atoms with Crippen LogP contribution in [0.25, 0.3) is 0 Å². The predicted octanol–water partition coefficient (Wildman–Crippen LogP) is 0.738. The fraction of sp³-hybridized carbons (Fsp3) is 0.486. The van der Waals surface area contributed by atoms with Crippen LogP contribution in [0.1, 0.15) is 67.1 Å². The van der Waals surface area contributed by atoms with E-state index in [1.807, 2.05) is 0 Å². The van der Waals surface area contributed by atoms with E-state index in [1.165, 1.54) is 0 Å². The number of Topliss-reactive ketones (excluding diaryl/α,β-unsaturated/α-hetero) is 2. The van der Waals surface area contributed by atoms with Crippen molar-refractivity contribution in [1.29, 1.82) is 0 Å². The molecule has 0 saturated carbocycles. The fourth-order valence-electron chi connectivity index (χ4n) is 5.47. The van der Waals surface area contributed by atoms with Crippen molar-refractivity contribution in [2.45, 2.75) is 44.0 Å². The number of aliphatic hydroxyl groups excluding tert-OH is 9. The quantitative estimate of drug-likeness (QED) is 0.0510. The van der Waals surface area contributed by atoms with Gasteiger partial charge >= 0.3 is 0 Å². The van der Waals surface area contributed by atoms with Gasteiger partial charge in [0.15, 0.2) is 11.6 Å². The maximum Gasteiger partial charge on any atom is 0.256 e. The third kappa shape index (κ3) is 14.9. The van der Waals surface area contributed by atoms with Crippen LogP contribution >= 0.6 is 136 Å². The molecular weight excluding hydrogens is 1480 g/mol. The highest BCUT2D eigenvalue weighted by atomic mass is 127. The van der Waals surface area contributed by atoms with Crippen molar-refractivity contribution in [2.75, 3.05) is 76.5 Å². The molecule has 2 atom stereocenters. The highest BCUT2D eigenvalue weighted by Crippen LogP contribution is 2.39. The number of hydrogen-bond donors (Lipinski definition) is 11. The number of anilines is 2. The molecule has 0 radical (unpaired) electrons. The van der Waals surface area contributed by atoms with E-state index < -0.39 is 106 Å². The first-order valence-electron chi connectivity index (χ1n) is 17.6. The summed E-state index contributed by atoms with van der Waals surface area (Å²) in [6.45, 7) is -5.99. The molecule has 0 aliphatic carbocycles. The largest absolute Gasteiger partial charge is 0.395 e. The molecule has 11 N–H and O–H groups in total. The van der Waals surface area contributed by atoms with Crippen LogP contribution in [0.5, 0.6) is 0 Å². The summed E-state index contributed by atoms with van der Waals surface area (Å²) in [6, 6.07) is 0. The number of amides is 4. The van der Waals surface area contributed by atoms with Crippen molar-refractivity contribution in [3.05, 3.63) is 43.7 Å². The minimum Gasteiger partial charge on any atom is -0.395 e. The van der Waals surface area contributed by atoms with Gasteiger partial charge in [-0.1, -0.05) is 0 Å². The molecule has 0 fully saturated rings. The van der Waals surface area contributed by atoms with Crippen molar-refractivity contribution < 1.29 is 74.7 Å². The average Bonchev–Trinajstić information content (AvgIpc) is 3.21. The van der Waals surface area contributed by atoms with Gasteiger partial charge < -0.3 is 66.4 Å². The van der Waals surface area contributed by atoms with E-state index in [0.717, 1.165) is 9.80 Å². The SMILES string of the molecule is O=C(CO)Nc1c(I)c(C(=O)CCC(O)CO)c(I)c(C(=O)N(CCO)CC(O)CN(CCO)C(=O)c2c(I)c(NC(=O)CO)c(I)c(C(=O)CCC(O)CO)c2I)c1I. The minimum atomic E-state index is -1.56. The molecule has 0 spiro atoms. The first-order chi connectivity index (χ1) is 28.3. The summed E-state index contributed by atoms with van der Waals surface area (Å²) in [6.07, 6.45) is -4.69. The third-order valence-electron chi connectivity index (χ3n) is 8.44. The van der Waals surface area contributed by atoms with Crippen molar-refractivity contribution in [1.82, 2.24) is 9.80 Å². The molecule has 2 aromatic carbocycles. The van der Waals surface area contributed by atoms with E-state index in [9.17, 15) is 74.7 Å². The van der Waals surface area contributed by atoms with Gasteiger partial charge in [0.05, 0.1) is 74.4 Å². The molecule has 4 amide bonds. The number of rotatable bonds is 24. The van der Waals surface area contributed by atoms with E-state index in [2.05, 4.69) is 10.6 Å². The second-order valence-electron chi connectivity index (χ2n) is 12.7. The van der Waals surface area contributed by atoms with E-state index >= 15 is 0 Å². The van der Waals surface area contributed by atoms with Gasteiger partial charge in [0.1, 0.15) is 13.2 Å². The van der Waals surface area contributed by atoms with Gasteiger partial charge in [0.2, 0.25) is 11.8 Å². The molecule has 25 heteroatoms. The first kappa shape index (κ1) is 55.8. The second-order valence-corrected chi connectivity index (χ2v) is 19.2. The maximum absolute atomic E-state index is 14.4. The normalized spacial score (nSPS) is 12.7. The van der Waals surface area contributed by atoms with Gasteiger partial charge in [-0.05, 0) is 148 Å². The molecule has 0 saturated heterocycles. The van der Waals surface area contributed by atoms with E-state index in [-0.39, 0.29) is 93.8 Å². The van der Waals surface area contributed by atoms with Gasteiger partial charge in [-0.25, -0.2) is 0 Å². The highest BCUT2D eigenvalue weighted by molar-refractivity contribution is 14.1.